The van der Waals surface area contributed by atoms with Crippen LogP contribution in [0.3, 0.4) is 0 Å². The number of amides is 2. The first-order chi connectivity index (χ1) is 16.7. The number of carbonyl (C=O) groups excluding carboxylic acids is 2. The summed E-state index contributed by atoms with van der Waals surface area (Å²) < 4.78 is 25.4. The number of piperidine rings is 1. The molecule has 1 fully saturated rings. The van der Waals surface area contributed by atoms with Crippen LogP contribution in [0.2, 0.25) is 0 Å². The van der Waals surface area contributed by atoms with E-state index in [1.165, 1.54) is 13.0 Å². The van der Waals surface area contributed by atoms with E-state index in [1.807, 2.05) is 4.90 Å². The first-order valence-corrected chi connectivity index (χ1v) is 11.3. The summed E-state index contributed by atoms with van der Waals surface area (Å²) in [5, 5.41) is 0. The van der Waals surface area contributed by atoms with Gasteiger partial charge in [-0.3, -0.25) is 4.79 Å². The first-order valence-electron chi connectivity index (χ1n) is 11.3. The van der Waals surface area contributed by atoms with Crippen molar-refractivity contribution in [1.82, 2.24) is 14.9 Å². The minimum Gasteiger partial charge on any atom is -0.463 e. The fourth-order valence-electron chi connectivity index (χ4n) is 3.49. The second-order valence-electron chi connectivity index (χ2n) is 8.25. The minimum atomic E-state index is -0.993. The number of guanidine groups is 1. The van der Waals surface area contributed by atoms with Gasteiger partial charge >= 0.3 is 12.1 Å². The Morgan fingerprint density at radius 3 is 2.49 bits per heavy atom. The smallest absolute Gasteiger partial charge is 0.437 e. The molecule has 0 atom stereocenters. The molecule has 0 aromatic carbocycles. The van der Waals surface area contributed by atoms with Crippen molar-refractivity contribution in [2.45, 2.75) is 39.5 Å². The zero-order chi connectivity index (χ0) is 25.8. The number of aliphatic imine (C=N–C) groups is 1. The van der Waals surface area contributed by atoms with Gasteiger partial charge in [-0.25, -0.2) is 19.2 Å². The highest BCUT2D eigenvalue weighted by Gasteiger charge is 2.21. The summed E-state index contributed by atoms with van der Waals surface area (Å²) in [6, 6.07) is 0.286. The van der Waals surface area contributed by atoms with Gasteiger partial charge in [0.15, 0.2) is 5.96 Å². The van der Waals surface area contributed by atoms with Gasteiger partial charge in [-0.05, 0) is 49.7 Å². The summed E-state index contributed by atoms with van der Waals surface area (Å²) in [5.74, 6) is -0.472. The first kappa shape index (κ1) is 27.5. The molecule has 1 saturated heterocycles. The number of nitrogens with two attached hydrogens (primary N) is 2. The summed E-state index contributed by atoms with van der Waals surface area (Å²) >= 11 is 0. The van der Waals surface area contributed by atoms with Crippen molar-refractivity contribution in [3.05, 3.63) is 53.7 Å². The lowest BCUT2D eigenvalue weighted by molar-refractivity contribution is -0.130. The van der Waals surface area contributed by atoms with Crippen molar-refractivity contribution in [1.29, 1.82) is 0 Å². The van der Waals surface area contributed by atoms with Crippen molar-refractivity contribution in [3.8, 4) is 6.01 Å². The highest BCUT2D eigenvalue weighted by Crippen LogP contribution is 2.23. The van der Waals surface area contributed by atoms with Gasteiger partial charge in [-0.2, -0.15) is 0 Å². The van der Waals surface area contributed by atoms with E-state index in [2.05, 4.69) is 21.5 Å². The molecule has 10 nitrogen and oxygen atoms in total. The molecule has 2 amide bonds. The number of aryl methyl sites for hydroxylation is 1. The molecule has 0 saturated carbocycles. The average Bonchev–Trinajstić information content (AvgIpc) is 2.83. The molecule has 2 rings (SSSR count). The van der Waals surface area contributed by atoms with Gasteiger partial charge in [0.05, 0.1) is 6.61 Å². The number of nitrogens with zero attached hydrogens (tertiary/aromatic N) is 4. The van der Waals surface area contributed by atoms with Crippen LogP contribution in [-0.4, -0.2) is 59.1 Å². The lowest BCUT2D eigenvalue weighted by Gasteiger charge is -2.30. The lowest BCUT2D eigenvalue weighted by Crippen LogP contribution is -2.38. The van der Waals surface area contributed by atoms with Crippen LogP contribution in [0.15, 0.2) is 53.1 Å². The quantitative estimate of drug-likeness (QED) is 0.290. The molecule has 190 valence electrons. The number of aromatic nitrogens is 2. The van der Waals surface area contributed by atoms with Gasteiger partial charge in [0, 0.05) is 38.0 Å². The Morgan fingerprint density at radius 1 is 1.26 bits per heavy atom. The van der Waals surface area contributed by atoms with Gasteiger partial charge in [0.1, 0.15) is 12.4 Å². The molecule has 2 heterocycles. The van der Waals surface area contributed by atoms with E-state index in [4.69, 9.17) is 20.9 Å². The molecule has 1 aromatic heterocycles. The van der Waals surface area contributed by atoms with E-state index in [9.17, 15) is 14.0 Å². The lowest BCUT2D eigenvalue weighted by atomic mass is 9.98. The van der Waals surface area contributed by atoms with E-state index in [1.54, 1.807) is 25.4 Å². The summed E-state index contributed by atoms with van der Waals surface area (Å²) in [6.07, 6.45) is 7.98. The topological polar surface area (TPSA) is 146 Å². The summed E-state index contributed by atoms with van der Waals surface area (Å²) in [6.45, 7) is 8.42. The Balaban J connectivity index is 1.86. The Labute approximate surface area is 204 Å². The third-order valence-corrected chi connectivity index (χ3v) is 5.48. The van der Waals surface area contributed by atoms with Gasteiger partial charge in [0.2, 0.25) is 5.91 Å². The van der Waals surface area contributed by atoms with Crippen LogP contribution in [0.5, 0.6) is 6.01 Å². The maximum Gasteiger partial charge on any atom is 0.437 e. The van der Waals surface area contributed by atoms with Crippen LogP contribution < -0.4 is 16.2 Å². The van der Waals surface area contributed by atoms with Crippen molar-refractivity contribution in [2.75, 3.05) is 26.3 Å². The Bertz CT molecular complexity index is 978. The summed E-state index contributed by atoms with van der Waals surface area (Å²) in [7, 11) is 0. The fraction of sp³-hybridized carbons (Fsp3) is 0.458. The molecule has 1 aromatic rings. The SMILES string of the molecule is C=C/C=C(CCc1cnc(OCC2CCN(C(C)=O)CC2)nc1)\C(F)=C(/C)COC(=O)N=C(N)N. The van der Waals surface area contributed by atoms with Gasteiger partial charge in [-0.1, -0.05) is 18.7 Å². The number of carbonyl (C=O) groups is 2. The molecule has 4 N–H and O–H groups in total. The van der Waals surface area contributed by atoms with Crippen LogP contribution in [0.4, 0.5) is 9.18 Å². The molecule has 35 heavy (non-hydrogen) atoms. The molecular weight excluding hydrogens is 455 g/mol. The van der Waals surface area contributed by atoms with Crippen LogP contribution >= 0.6 is 0 Å². The molecule has 0 spiro atoms. The number of hydrogen-bond donors (Lipinski definition) is 2. The summed E-state index contributed by atoms with van der Waals surface area (Å²) in [4.78, 5) is 36.4. The Hall–Kier alpha value is -3.76. The van der Waals surface area contributed by atoms with Crippen molar-refractivity contribution < 1.29 is 23.5 Å². The molecule has 1 aliphatic rings. The van der Waals surface area contributed by atoms with Crippen molar-refractivity contribution in [2.24, 2.45) is 22.4 Å². The zero-order valence-electron chi connectivity index (χ0n) is 20.2. The third-order valence-electron chi connectivity index (χ3n) is 5.48. The number of likely N-dealkylation sites (tertiary alicyclic amines) is 1. The zero-order valence-corrected chi connectivity index (χ0v) is 20.2. The van der Waals surface area contributed by atoms with Crippen LogP contribution in [0.25, 0.3) is 0 Å². The minimum absolute atomic E-state index is 0.103. The predicted octanol–water partition coefficient (Wildman–Crippen LogP) is 2.81. The second-order valence-corrected chi connectivity index (χ2v) is 8.25. The van der Waals surface area contributed by atoms with Gasteiger partial charge in [-0.15, -0.1) is 4.99 Å². The standard InChI is InChI=1S/C24H33FN6O4/c1-4-5-20(21(25)16(2)14-35-24(33)30-22(26)27)7-6-19-12-28-23(29-13-19)34-15-18-8-10-31(11-9-18)17(3)32/h4-5,12-13,18H,1,6-11,14-15H2,2-3H3,(H4,26,27,30,33)/b20-5-,21-16-. The predicted molar refractivity (Wildman–Crippen MR) is 130 cm³/mol. The van der Waals surface area contributed by atoms with E-state index in [-0.39, 0.29) is 24.1 Å². The Morgan fingerprint density at radius 2 is 1.91 bits per heavy atom. The van der Waals surface area contributed by atoms with E-state index < -0.39 is 17.9 Å². The molecular formula is C24H33FN6O4. The maximum atomic E-state index is 14.9. The molecule has 0 unspecified atom stereocenters. The third kappa shape index (κ3) is 9.55. The number of halogens is 1. The number of rotatable bonds is 10. The molecule has 0 aliphatic carbocycles. The van der Waals surface area contributed by atoms with Crippen molar-refractivity contribution in [3.63, 3.8) is 0 Å². The van der Waals surface area contributed by atoms with Crippen LogP contribution in [0, 0.1) is 5.92 Å². The molecule has 0 radical (unpaired) electrons. The number of hydrogen-bond acceptors (Lipinski definition) is 6. The number of allylic oxidation sites excluding steroid dienone is 4. The van der Waals surface area contributed by atoms with E-state index in [0.29, 0.717) is 30.9 Å². The highest BCUT2D eigenvalue weighted by molar-refractivity contribution is 5.87. The highest BCUT2D eigenvalue weighted by atomic mass is 19.1. The maximum absolute atomic E-state index is 14.9. The largest absolute Gasteiger partial charge is 0.463 e. The monoisotopic (exact) mass is 488 g/mol. The van der Waals surface area contributed by atoms with Gasteiger partial charge < -0.3 is 25.8 Å². The van der Waals surface area contributed by atoms with Crippen LogP contribution in [0.1, 0.15) is 38.7 Å². The Kier molecular flexibility index (Phi) is 10.9. The second kappa shape index (κ2) is 13.8. The van der Waals surface area contributed by atoms with Gasteiger partial charge in [0.25, 0.3) is 0 Å². The number of ether oxygens (including phenoxy) is 2. The molecule has 11 heteroatoms. The normalized spacial score (nSPS) is 15.2. The van der Waals surface area contributed by atoms with E-state index in [0.717, 1.165) is 31.5 Å². The fourth-order valence-corrected chi connectivity index (χ4v) is 3.49. The average molecular weight is 489 g/mol. The molecule has 0 bridgehead atoms. The van der Waals surface area contributed by atoms with E-state index >= 15 is 0 Å². The summed E-state index contributed by atoms with van der Waals surface area (Å²) in [5.41, 5.74) is 11.6. The van der Waals surface area contributed by atoms with Crippen molar-refractivity contribution >= 4 is 18.0 Å². The van der Waals surface area contributed by atoms with Crippen LogP contribution in [-0.2, 0) is 16.0 Å². The molecule has 1 aliphatic heterocycles.